The van der Waals surface area contributed by atoms with Crippen molar-refractivity contribution in [3.63, 3.8) is 0 Å². The monoisotopic (exact) mass is 202 g/mol. The van der Waals surface area contributed by atoms with Gasteiger partial charge in [-0.05, 0) is 31.5 Å². The van der Waals surface area contributed by atoms with Crippen molar-refractivity contribution in [2.45, 2.75) is 13.8 Å². The average molecular weight is 203 g/mol. The minimum absolute atomic E-state index is 0.0643. The maximum Gasteiger partial charge on any atom is 0.161 e. The quantitative estimate of drug-likeness (QED) is 0.638. The number of hydrogen-bond acceptors (Lipinski definition) is 1. The summed E-state index contributed by atoms with van der Waals surface area (Å²) in [6.07, 6.45) is 0. The molecule has 0 amide bonds. The first-order valence-electron chi connectivity index (χ1n) is 3.49. The van der Waals surface area contributed by atoms with Crippen LogP contribution in [0.5, 0.6) is 0 Å². The zero-order valence-corrected chi connectivity index (χ0v) is 8.33. The predicted molar refractivity (Wildman–Crippen MR) is 51.2 cm³/mol. The van der Waals surface area contributed by atoms with E-state index in [0.717, 1.165) is 5.56 Å². The van der Waals surface area contributed by atoms with Crippen LogP contribution in [0.2, 0.25) is 10.0 Å². The van der Waals surface area contributed by atoms with Crippen molar-refractivity contribution in [3.8, 4) is 0 Å². The number of benzene rings is 1. The van der Waals surface area contributed by atoms with E-state index in [1.165, 1.54) is 6.92 Å². The number of rotatable bonds is 1. The van der Waals surface area contributed by atoms with Crippen molar-refractivity contribution < 1.29 is 4.79 Å². The fourth-order valence-corrected chi connectivity index (χ4v) is 1.50. The van der Waals surface area contributed by atoms with Crippen LogP contribution in [0.25, 0.3) is 0 Å². The Morgan fingerprint density at radius 2 is 1.92 bits per heavy atom. The first-order valence-corrected chi connectivity index (χ1v) is 4.24. The molecule has 0 fully saturated rings. The van der Waals surface area contributed by atoms with Crippen molar-refractivity contribution in [2.24, 2.45) is 0 Å². The first kappa shape index (κ1) is 9.56. The van der Waals surface area contributed by atoms with Gasteiger partial charge in [0, 0.05) is 5.56 Å². The third-order valence-electron chi connectivity index (χ3n) is 1.55. The number of carbonyl (C=O) groups excluding carboxylic acids is 1. The summed E-state index contributed by atoms with van der Waals surface area (Å²) in [5.41, 5.74) is 1.43. The highest BCUT2D eigenvalue weighted by atomic mass is 35.5. The zero-order chi connectivity index (χ0) is 9.30. The van der Waals surface area contributed by atoms with Gasteiger partial charge in [0.15, 0.2) is 5.78 Å². The lowest BCUT2D eigenvalue weighted by molar-refractivity contribution is 0.101. The molecule has 0 aliphatic carbocycles. The Morgan fingerprint density at radius 1 is 1.33 bits per heavy atom. The lowest BCUT2D eigenvalue weighted by Crippen LogP contribution is -1.94. The summed E-state index contributed by atoms with van der Waals surface area (Å²) in [4.78, 5) is 11.0. The molecule has 0 atom stereocenters. The van der Waals surface area contributed by atoms with Gasteiger partial charge < -0.3 is 0 Å². The van der Waals surface area contributed by atoms with Crippen LogP contribution in [0.4, 0.5) is 0 Å². The summed E-state index contributed by atoms with van der Waals surface area (Å²) < 4.78 is 0. The van der Waals surface area contributed by atoms with Gasteiger partial charge in [-0.3, -0.25) is 4.79 Å². The first-order chi connectivity index (χ1) is 5.52. The molecule has 0 saturated carbocycles. The SMILES string of the molecule is CC(=O)c1cc(C)cc(Cl)c1Cl. The van der Waals surface area contributed by atoms with E-state index in [-0.39, 0.29) is 5.78 Å². The van der Waals surface area contributed by atoms with Gasteiger partial charge in [0.2, 0.25) is 0 Å². The van der Waals surface area contributed by atoms with Crippen molar-refractivity contribution in [3.05, 3.63) is 33.3 Å². The second kappa shape index (κ2) is 3.46. The van der Waals surface area contributed by atoms with E-state index in [1.54, 1.807) is 12.1 Å². The van der Waals surface area contributed by atoms with Gasteiger partial charge in [-0.1, -0.05) is 23.2 Å². The van der Waals surface area contributed by atoms with Crippen LogP contribution in [-0.2, 0) is 0 Å². The molecule has 0 aromatic heterocycles. The number of carbonyl (C=O) groups is 1. The molecule has 0 bridgehead atoms. The second-order valence-corrected chi connectivity index (χ2v) is 3.45. The van der Waals surface area contributed by atoms with Crippen LogP contribution in [0, 0.1) is 6.92 Å². The summed E-state index contributed by atoms with van der Waals surface area (Å²) in [6, 6.07) is 3.47. The lowest BCUT2D eigenvalue weighted by Gasteiger charge is -2.03. The molecule has 1 nitrogen and oxygen atoms in total. The van der Waals surface area contributed by atoms with Crippen LogP contribution in [0.15, 0.2) is 12.1 Å². The number of halogens is 2. The van der Waals surface area contributed by atoms with Gasteiger partial charge in [0.1, 0.15) is 0 Å². The molecule has 0 saturated heterocycles. The Morgan fingerprint density at radius 3 is 2.42 bits per heavy atom. The highest BCUT2D eigenvalue weighted by Crippen LogP contribution is 2.27. The molecule has 0 aliphatic heterocycles. The fraction of sp³-hybridized carbons (Fsp3) is 0.222. The van der Waals surface area contributed by atoms with E-state index in [0.29, 0.717) is 15.6 Å². The van der Waals surface area contributed by atoms with E-state index in [2.05, 4.69) is 0 Å². The van der Waals surface area contributed by atoms with Crippen LogP contribution in [-0.4, -0.2) is 5.78 Å². The maximum absolute atomic E-state index is 11.0. The van der Waals surface area contributed by atoms with Gasteiger partial charge in [0.25, 0.3) is 0 Å². The third-order valence-corrected chi connectivity index (χ3v) is 2.35. The minimum Gasteiger partial charge on any atom is -0.294 e. The fourth-order valence-electron chi connectivity index (χ4n) is 0.981. The molecule has 0 unspecified atom stereocenters. The van der Waals surface area contributed by atoms with Crippen LogP contribution < -0.4 is 0 Å². The molecule has 1 rings (SSSR count). The summed E-state index contributed by atoms with van der Waals surface area (Å²) in [6.45, 7) is 3.34. The highest BCUT2D eigenvalue weighted by molar-refractivity contribution is 6.43. The highest BCUT2D eigenvalue weighted by Gasteiger charge is 2.09. The smallest absolute Gasteiger partial charge is 0.161 e. The second-order valence-electron chi connectivity index (χ2n) is 2.66. The van der Waals surface area contributed by atoms with Crippen molar-refractivity contribution in [1.82, 2.24) is 0 Å². The van der Waals surface area contributed by atoms with Crippen molar-refractivity contribution in [2.75, 3.05) is 0 Å². The molecule has 0 spiro atoms. The van der Waals surface area contributed by atoms with Crippen molar-refractivity contribution >= 4 is 29.0 Å². The van der Waals surface area contributed by atoms with Crippen molar-refractivity contribution in [1.29, 1.82) is 0 Å². The number of Topliss-reactive ketones (excluding diaryl/α,β-unsaturated/α-hetero) is 1. The summed E-state index contributed by atoms with van der Waals surface area (Å²) in [7, 11) is 0. The molecule has 0 heterocycles. The molecule has 12 heavy (non-hydrogen) atoms. The van der Waals surface area contributed by atoms with Crippen LogP contribution >= 0.6 is 23.2 Å². The molecule has 0 N–H and O–H groups in total. The molecule has 3 heteroatoms. The Balaban J connectivity index is 3.37. The molecule has 0 aliphatic rings. The summed E-state index contributed by atoms with van der Waals surface area (Å²) >= 11 is 11.6. The summed E-state index contributed by atoms with van der Waals surface area (Å²) in [5, 5.41) is 0.775. The van der Waals surface area contributed by atoms with E-state index in [1.807, 2.05) is 6.92 Å². The standard InChI is InChI=1S/C9H8Cl2O/c1-5-3-7(6(2)12)9(11)8(10)4-5/h3-4H,1-2H3. The number of ketones is 1. The van der Waals surface area contributed by atoms with Crippen LogP contribution in [0.3, 0.4) is 0 Å². The van der Waals surface area contributed by atoms with Crippen LogP contribution in [0.1, 0.15) is 22.8 Å². The Kier molecular flexibility index (Phi) is 2.76. The Hall–Kier alpha value is -0.530. The van der Waals surface area contributed by atoms with Gasteiger partial charge in [-0.15, -0.1) is 0 Å². The van der Waals surface area contributed by atoms with E-state index in [4.69, 9.17) is 23.2 Å². The Bertz CT molecular complexity index is 332. The van der Waals surface area contributed by atoms with E-state index >= 15 is 0 Å². The number of aryl methyl sites for hydroxylation is 1. The molecule has 1 aromatic rings. The molecule has 64 valence electrons. The van der Waals surface area contributed by atoms with Gasteiger partial charge in [-0.25, -0.2) is 0 Å². The van der Waals surface area contributed by atoms with Gasteiger partial charge >= 0.3 is 0 Å². The Labute approximate surface area is 81.3 Å². The lowest BCUT2D eigenvalue weighted by atomic mass is 10.1. The average Bonchev–Trinajstić information content (AvgIpc) is 1.96. The number of hydrogen-bond donors (Lipinski definition) is 0. The minimum atomic E-state index is -0.0643. The van der Waals surface area contributed by atoms with Gasteiger partial charge in [-0.2, -0.15) is 0 Å². The molecule has 0 radical (unpaired) electrons. The maximum atomic E-state index is 11.0. The molecular formula is C9H8Cl2O. The van der Waals surface area contributed by atoms with E-state index < -0.39 is 0 Å². The molecule has 1 aromatic carbocycles. The third kappa shape index (κ3) is 1.79. The zero-order valence-electron chi connectivity index (χ0n) is 6.82. The normalized spacial score (nSPS) is 10.0. The van der Waals surface area contributed by atoms with E-state index in [9.17, 15) is 4.79 Å². The molecular weight excluding hydrogens is 195 g/mol. The summed E-state index contributed by atoms with van der Waals surface area (Å²) in [5.74, 6) is -0.0643. The topological polar surface area (TPSA) is 17.1 Å². The van der Waals surface area contributed by atoms with Gasteiger partial charge in [0.05, 0.1) is 10.0 Å². The predicted octanol–water partition coefficient (Wildman–Crippen LogP) is 3.50. The largest absolute Gasteiger partial charge is 0.294 e.